The molecular formula is C15H12N4S. The summed E-state index contributed by atoms with van der Waals surface area (Å²) in [6, 6.07) is 13.7. The van der Waals surface area contributed by atoms with Gasteiger partial charge < -0.3 is 4.98 Å². The molecule has 0 saturated heterocycles. The first kappa shape index (κ1) is 12.6. The van der Waals surface area contributed by atoms with Crippen LogP contribution in [0.3, 0.4) is 0 Å². The number of nitrogens with zero attached hydrogens (tertiary/aromatic N) is 3. The number of hydrogen-bond donors (Lipinski definition) is 1. The van der Waals surface area contributed by atoms with Gasteiger partial charge in [0.15, 0.2) is 5.82 Å². The molecule has 0 aliphatic carbocycles. The maximum Gasteiger partial charge on any atom is 0.158 e. The van der Waals surface area contributed by atoms with Crippen LogP contribution in [0, 0.1) is 11.6 Å². The van der Waals surface area contributed by atoms with Gasteiger partial charge in [0.2, 0.25) is 0 Å². The minimum atomic E-state index is 0.536. The van der Waals surface area contributed by atoms with E-state index in [1.165, 1.54) is 0 Å². The van der Waals surface area contributed by atoms with Crippen molar-refractivity contribution >= 4 is 12.2 Å². The number of H-pyrrole nitrogens is 1. The molecule has 3 aromatic rings. The maximum absolute atomic E-state index is 5.25. The summed E-state index contributed by atoms with van der Waals surface area (Å²) in [6.45, 7) is 1.85. The lowest BCUT2D eigenvalue weighted by atomic mass is 10.1. The van der Waals surface area contributed by atoms with E-state index in [-0.39, 0.29) is 0 Å². The lowest BCUT2D eigenvalue weighted by Gasteiger charge is -2.06. The average molecular weight is 280 g/mol. The van der Waals surface area contributed by atoms with Gasteiger partial charge in [-0.25, -0.2) is 15.0 Å². The first-order chi connectivity index (χ1) is 9.72. The molecule has 0 aliphatic heterocycles. The summed E-state index contributed by atoms with van der Waals surface area (Å²) in [5.41, 5.74) is 2.73. The first-order valence-electron chi connectivity index (χ1n) is 6.19. The van der Waals surface area contributed by atoms with Crippen molar-refractivity contribution in [2.45, 2.75) is 6.92 Å². The predicted octanol–water partition coefficient (Wildman–Crippen LogP) is 3.57. The fourth-order valence-electron chi connectivity index (χ4n) is 1.94. The Hall–Kier alpha value is -2.40. The van der Waals surface area contributed by atoms with Gasteiger partial charge in [0.05, 0.1) is 0 Å². The Balaban J connectivity index is 2.15. The van der Waals surface area contributed by atoms with Crippen LogP contribution in [0.2, 0.25) is 0 Å². The van der Waals surface area contributed by atoms with E-state index >= 15 is 0 Å². The number of nitrogens with one attached hydrogen (secondary N) is 1. The summed E-state index contributed by atoms with van der Waals surface area (Å²) in [5, 5.41) is 0. The summed E-state index contributed by atoms with van der Waals surface area (Å²) < 4.78 is 0.536. The largest absolute Gasteiger partial charge is 0.338 e. The molecule has 0 atom stereocenters. The van der Waals surface area contributed by atoms with Crippen LogP contribution < -0.4 is 0 Å². The van der Waals surface area contributed by atoms with Crippen LogP contribution in [0.4, 0.5) is 0 Å². The second kappa shape index (κ2) is 5.30. The van der Waals surface area contributed by atoms with Gasteiger partial charge in [0.25, 0.3) is 0 Å². The van der Waals surface area contributed by atoms with Crippen molar-refractivity contribution in [2.24, 2.45) is 0 Å². The molecule has 0 aliphatic rings. The molecule has 0 spiro atoms. The van der Waals surface area contributed by atoms with Gasteiger partial charge in [0.1, 0.15) is 16.2 Å². The summed E-state index contributed by atoms with van der Waals surface area (Å²) in [6.07, 6.45) is 1.71. The fraction of sp³-hybridized carbons (Fsp3) is 0.0667. The molecular weight excluding hydrogens is 268 g/mol. The molecule has 2 aromatic heterocycles. The van der Waals surface area contributed by atoms with Crippen LogP contribution in [0.15, 0.2) is 48.7 Å². The molecule has 0 amide bonds. The van der Waals surface area contributed by atoms with Crippen molar-refractivity contribution in [1.82, 2.24) is 19.9 Å². The molecule has 0 radical (unpaired) electrons. The molecule has 1 aromatic carbocycles. The molecule has 0 unspecified atom stereocenters. The SMILES string of the molecule is Cc1nccc(-c2nc(=S)cc(-c3ccccc3)[nH]2)n1. The minimum Gasteiger partial charge on any atom is -0.338 e. The Bertz CT molecular complexity index is 796. The summed E-state index contributed by atoms with van der Waals surface area (Å²) in [4.78, 5) is 16.1. The van der Waals surface area contributed by atoms with Gasteiger partial charge >= 0.3 is 0 Å². The summed E-state index contributed by atoms with van der Waals surface area (Å²) >= 11 is 5.25. The van der Waals surface area contributed by atoms with Crippen LogP contribution >= 0.6 is 12.2 Å². The van der Waals surface area contributed by atoms with E-state index in [0.29, 0.717) is 16.3 Å². The molecule has 2 heterocycles. The lowest BCUT2D eigenvalue weighted by Crippen LogP contribution is -1.97. The number of hydrogen-bond acceptors (Lipinski definition) is 4. The third-order valence-electron chi connectivity index (χ3n) is 2.85. The van der Waals surface area contributed by atoms with E-state index in [4.69, 9.17) is 12.2 Å². The van der Waals surface area contributed by atoms with Crippen LogP contribution in [-0.4, -0.2) is 19.9 Å². The van der Waals surface area contributed by atoms with E-state index in [0.717, 1.165) is 17.0 Å². The van der Waals surface area contributed by atoms with Crippen molar-refractivity contribution < 1.29 is 0 Å². The molecule has 98 valence electrons. The topological polar surface area (TPSA) is 54.5 Å². The smallest absolute Gasteiger partial charge is 0.158 e. The molecule has 3 rings (SSSR count). The van der Waals surface area contributed by atoms with Crippen molar-refractivity contribution in [1.29, 1.82) is 0 Å². The zero-order valence-electron chi connectivity index (χ0n) is 10.9. The van der Waals surface area contributed by atoms with Crippen LogP contribution in [0.5, 0.6) is 0 Å². The summed E-state index contributed by atoms with van der Waals surface area (Å²) in [5.74, 6) is 1.36. The average Bonchev–Trinajstić information content (AvgIpc) is 2.47. The molecule has 0 bridgehead atoms. The Morgan fingerprint density at radius 3 is 2.60 bits per heavy atom. The van der Waals surface area contributed by atoms with E-state index in [1.807, 2.05) is 49.4 Å². The molecule has 0 saturated carbocycles. The summed E-state index contributed by atoms with van der Waals surface area (Å²) in [7, 11) is 0. The predicted molar refractivity (Wildman–Crippen MR) is 80.6 cm³/mol. The molecule has 1 N–H and O–H groups in total. The van der Waals surface area contributed by atoms with Crippen molar-refractivity contribution in [3.63, 3.8) is 0 Å². The number of rotatable bonds is 2. The van der Waals surface area contributed by atoms with Crippen molar-refractivity contribution in [2.75, 3.05) is 0 Å². The Morgan fingerprint density at radius 2 is 1.85 bits per heavy atom. The second-order valence-corrected chi connectivity index (χ2v) is 4.76. The Morgan fingerprint density at radius 1 is 1.05 bits per heavy atom. The monoisotopic (exact) mass is 280 g/mol. The highest BCUT2D eigenvalue weighted by molar-refractivity contribution is 7.71. The Kier molecular flexibility index (Phi) is 3.35. The number of aromatic nitrogens is 4. The quantitative estimate of drug-likeness (QED) is 0.729. The first-order valence-corrected chi connectivity index (χ1v) is 6.60. The van der Waals surface area contributed by atoms with E-state index < -0.39 is 0 Å². The van der Waals surface area contributed by atoms with Crippen LogP contribution in [0.1, 0.15) is 5.82 Å². The Labute approximate surface area is 121 Å². The lowest BCUT2D eigenvalue weighted by molar-refractivity contribution is 1.03. The number of benzene rings is 1. The zero-order valence-corrected chi connectivity index (χ0v) is 11.7. The molecule has 0 fully saturated rings. The van der Waals surface area contributed by atoms with Crippen LogP contribution in [-0.2, 0) is 0 Å². The van der Waals surface area contributed by atoms with E-state index in [2.05, 4.69) is 19.9 Å². The van der Waals surface area contributed by atoms with E-state index in [9.17, 15) is 0 Å². The highest BCUT2D eigenvalue weighted by Gasteiger charge is 2.05. The standard InChI is InChI=1S/C15H12N4S/c1-10-16-8-7-12(17-10)15-18-13(9-14(20)19-15)11-5-3-2-4-6-11/h2-9H,1H3,(H,18,19,20). The molecule has 4 nitrogen and oxygen atoms in total. The molecule has 20 heavy (non-hydrogen) atoms. The van der Waals surface area contributed by atoms with Crippen molar-refractivity contribution in [3.8, 4) is 22.8 Å². The van der Waals surface area contributed by atoms with Crippen molar-refractivity contribution in [3.05, 3.63) is 59.1 Å². The van der Waals surface area contributed by atoms with Gasteiger partial charge in [-0.15, -0.1) is 0 Å². The van der Waals surface area contributed by atoms with Crippen LogP contribution in [0.25, 0.3) is 22.8 Å². The van der Waals surface area contributed by atoms with Gasteiger partial charge in [-0.05, 0) is 24.6 Å². The highest BCUT2D eigenvalue weighted by Crippen LogP contribution is 2.19. The highest BCUT2D eigenvalue weighted by atomic mass is 32.1. The minimum absolute atomic E-state index is 0.536. The maximum atomic E-state index is 5.25. The normalized spacial score (nSPS) is 10.4. The zero-order chi connectivity index (χ0) is 13.9. The second-order valence-electron chi connectivity index (χ2n) is 4.34. The van der Waals surface area contributed by atoms with E-state index in [1.54, 1.807) is 6.20 Å². The molecule has 5 heteroatoms. The third kappa shape index (κ3) is 2.62. The number of aryl methyl sites for hydroxylation is 1. The fourth-order valence-corrected chi connectivity index (χ4v) is 2.15. The number of aromatic amines is 1. The van der Waals surface area contributed by atoms with Gasteiger partial charge in [-0.1, -0.05) is 42.5 Å². The van der Waals surface area contributed by atoms with Gasteiger partial charge in [0, 0.05) is 11.9 Å². The van der Waals surface area contributed by atoms with Gasteiger partial charge in [-0.3, -0.25) is 0 Å². The third-order valence-corrected chi connectivity index (χ3v) is 3.06. The van der Waals surface area contributed by atoms with Gasteiger partial charge in [-0.2, -0.15) is 0 Å².